The number of benzene rings is 1. The van der Waals surface area contributed by atoms with Crippen molar-refractivity contribution < 1.29 is 9.72 Å². The lowest BCUT2D eigenvalue weighted by molar-refractivity contribution is -0.385. The molecule has 5 nitrogen and oxygen atoms in total. The molecule has 0 aliphatic rings. The van der Waals surface area contributed by atoms with Crippen LogP contribution in [0.25, 0.3) is 0 Å². The molecule has 0 unspecified atom stereocenters. The first-order valence-corrected chi connectivity index (χ1v) is 4.49. The maximum absolute atomic E-state index is 10.7. The van der Waals surface area contributed by atoms with E-state index >= 15 is 0 Å². The van der Waals surface area contributed by atoms with Crippen molar-refractivity contribution in [2.75, 3.05) is 0 Å². The van der Waals surface area contributed by atoms with Gasteiger partial charge in [0.1, 0.15) is 0 Å². The Bertz CT molecular complexity index is 402. The number of carbonyl (C=O) groups is 1. The smallest absolute Gasteiger partial charge is 0.272 e. The Morgan fingerprint density at radius 3 is 2.73 bits per heavy atom. The number of nitrogens with one attached hydrogen (secondary N) is 1. The van der Waals surface area contributed by atoms with Crippen molar-refractivity contribution in [2.45, 2.75) is 20.4 Å². The van der Waals surface area contributed by atoms with Crippen molar-refractivity contribution in [3.05, 3.63) is 39.4 Å². The molecule has 0 saturated carbocycles. The Kier molecular flexibility index (Phi) is 3.38. The van der Waals surface area contributed by atoms with Crippen LogP contribution in [0.5, 0.6) is 0 Å². The maximum atomic E-state index is 10.7. The number of rotatable bonds is 3. The Hall–Kier alpha value is -1.91. The Labute approximate surface area is 87.3 Å². The average molecular weight is 208 g/mol. The standard InChI is InChI=1S/C10H12N2O3/c1-7-9(6-11-8(2)13)4-3-5-10(7)12(14)15/h3-5H,6H2,1-2H3,(H,11,13). The highest BCUT2D eigenvalue weighted by Crippen LogP contribution is 2.20. The number of nitro benzene ring substituents is 1. The predicted octanol–water partition coefficient (Wildman–Crippen LogP) is 1.54. The van der Waals surface area contributed by atoms with Gasteiger partial charge in [-0.25, -0.2) is 0 Å². The van der Waals surface area contributed by atoms with Gasteiger partial charge in [-0.2, -0.15) is 0 Å². The molecule has 1 aromatic rings. The third-order valence-corrected chi connectivity index (χ3v) is 2.14. The molecule has 1 N–H and O–H groups in total. The van der Waals surface area contributed by atoms with Crippen LogP contribution in [0.2, 0.25) is 0 Å². The lowest BCUT2D eigenvalue weighted by Crippen LogP contribution is -2.19. The van der Waals surface area contributed by atoms with Crippen LogP contribution in [0.1, 0.15) is 18.1 Å². The normalized spacial score (nSPS) is 9.73. The summed E-state index contributed by atoms with van der Waals surface area (Å²) in [4.78, 5) is 20.9. The van der Waals surface area contributed by atoms with Crippen LogP contribution in [0, 0.1) is 17.0 Å². The van der Waals surface area contributed by atoms with Gasteiger partial charge >= 0.3 is 0 Å². The lowest BCUT2D eigenvalue weighted by Gasteiger charge is -2.06. The predicted molar refractivity (Wildman–Crippen MR) is 55.4 cm³/mol. The number of amides is 1. The van der Waals surface area contributed by atoms with E-state index in [1.807, 2.05) is 0 Å². The van der Waals surface area contributed by atoms with Crippen LogP contribution in [0.4, 0.5) is 5.69 Å². The summed E-state index contributed by atoms with van der Waals surface area (Å²) in [6, 6.07) is 4.83. The van der Waals surface area contributed by atoms with Crippen LogP contribution in [0.15, 0.2) is 18.2 Å². The Balaban J connectivity index is 2.94. The summed E-state index contributed by atoms with van der Waals surface area (Å²) in [6.45, 7) is 3.41. The van der Waals surface area contributed by atoms with Gasteiger partial charge in [-0.15, -0.1) is 0 Å². The molecule has 0 heterocycles. The molecule has 15 heavy (non-hydrogen) atoms. The molecule has 0 aliphatic heterocycles. The fourth-order valence-corrected chi connectivity index (χ4v) is 1.28. The van der Waals surface area contributed by atoms with Crippen LogP contribution in [-0.4, -0.2) is 10.8 Å². The van der Waals surface area contributed by atoms with Gasteiger partial charge in [-0.3, -0.25) is 14.9 Å². The fourth-order valence-electron chi connectivity index (χ4n) is 1.28. The molecule has 1 amide bonds. The van der Waals surface area contributed by atoms with Crippen molar-refractivity contribution in [1.29, 1.82) is 0 Å². The Morgan fingerprint density at radius 2 is 2.20 bits per heavy atom. The van der Waals surface area contributed by atoms with E-state index in [4.69, 9.17) is 0 Å². The van der Waals surface area contributed by atoms with Gasteiger partial charge in [0.2, 0.25) is 5.91 Å². The van der Waals surface area contributed by atoms with E-state index in [2.05, 4.69) is 5.32 Å². The third-order valence-electron chi connectivity index (χ3n) is 2.14. The zero-order chi connectivity index (χ0) is 11.4. The molecule has 80 valence electrons. The van der Waals surface area contributed by atoms with Crippen molar-refractivity contribution in [2.24, 2.45) is 0 Å². The minimum atomic E-state index is -0.424. The first kappa shape index (κ1) is 11.2. The van der Waals surface area contributed by atoms with Gasteiger partial charge in [0, 0.05) is 25.1 Å². The van der Waals surface area contributed by atoms with E-state index in [-0.39, 0.29) is 11.6 Å². The second-order valence-electron chi connectivity index (χ2n) is 3.23. The fraction of sp³-hybridized carbons (Fsp3) is 0.300. The molecule has 0 radical (unpaired) electrons. The van der Waals surface area contributed by atoms with Crippen LogP contribution >= 0.6 is 0 Å². The highest BCUT2D eigenvalue weighted by atomic mass is 16.6. The molecule has 0 bridgehead atoms. The molecule has 0 atom stereocenters. The van der Waals surface area contributed by atoms with Crippen LogP contribution in [0.3, 0.4) is 0 Å². The average Bonchev–Trinajstić information content (AvgIpc) is 2.15. The largest absolute Gasteiger partial charge is 0.352 e. The van der Waals surface area contributed by atoms with E-state index in [0.29, 0.717) is 12.1 Å². The van der Waals surface area contributed by atoms with E-state index in [9.17, 15) is 14.9 Å². The van der Waals surface area contributed by atoms with Crippen molar-refractivity contribution in [1.82, 2.24) is 5.32 Å². The quantitative estimate of drug-likeness (QED) is 0.604. The monoisotopic (exact) mass is 208 g/mol. The summed E-state index contributed by atoms with van der Waals surface area (Å²) in [5.74, 6) is -0.152. The number of nitro groups is 1. The van der Waals surface area contributed by atoms with Gasteiger partial charge < -0.3 is 5.32 Å². The van der Waals surface area contributed by atoms with Crippen molar-refractivity contribution >= 4 is 11.6 Å². The van der Waals surface area contributed by atoms with E-state index in [0.717, 1.165) is 5.56 Å². The summed E-state index contributed by atoms with van der Waals surface area (Å²) in [5, 5.41) is 13.2. The highest BCUT2D eigenvalue weighted by molar-refractivity contribution is 5.72. The third kappa shape index (κ3) is 2.77. The van der Waals surface area contributed by atoms with Crippen molar-refractivity contribution in [3.8, 4) is 0 Å². The SMILES string of the molecule is CC(=O)NCc1cccc([N+](=O)[O-])c1C. The number of hydrogen-bond donors (Lipinski definition) is 1. The molecular formula is C10H12N2O3. The molecule has 0 aliphatic carbocycles. The number of nitrogens with zero attached hydrogens (tertiary/aromatic N) is 1. The van der Waals surface area contributed by atoms with Crippen LogP contribution < -0.4 is 5.32 Å². The van der Waals surface area contributed by atoms with Gasteiger partial charge in [-0.05, 0) is 12.5 Å². The number of hydrogen-bond acceptors (Lipinski definition) is 3. The first-order chi connectivity index (χ1) is 7.02. The summed E-state index contributed by atoms with van der Waals surface area (Å²) >= 11 is 0. The van der Waals surface area contributed by atoms with Crippen molar-refractivity contribution in [3.63, 3.8) is 0 Å². The minimum Gasteiger partial charge on any atom is -0.352 e. The molecule has 0 saturated heterocycles. The summed E-state index contributed by atoms with van der Waals surface area (Å²) in [7, 11) is 0. The molecule has 5 heteroatoms. The van der Waals surface area contributed by atoms with E-state index < -0.39 is 4.92 Å². The zero-order valence-electron chi connectivity index (χ0n) is 8.61. The number of carbonyl (C=O) groups excluding carboxylic acids is 1. The van der Waals surface area contributed by atoms with Crippen LogP contribution in [-0.2, 0) is 11.3 Å². The van der Waals surface area contributed by atoms with E-state index in [1.165, 1.54) is 13.0 Å². The minimum absolute atomic E-state index is 0.0813. The van der Waals surface area contributed by atoms with E-state index in [1.54, 1.807) is 19.1 Å². The summed E-state index contributed by atoms with van der Waals surface area (Å²) < 4.78 is 0. The van der Waals surface area contributed by atoms with Gasteiger partial charge in [0.25, 0.3) is 5.69 Å². The second-order valence-corrected chi connectivity index (χ2v) is 3.23. The zero-order valence-corrected chi connectivity index (χ0v) is 8.61. The summed E-state index contributed by atoms with van der Waals surface area (Å²) in [6.07, 6.45) is 0. The second kappa shape index (κ2) is 4.54. The molecule has 1 rings (SSSR count). The topological polar surface area (TPSA) is 72.2 Å². The molecule has 1 aromatic carbocycles. The molecular weight excluding hydrogens is 196 g/mol. The molecule has 0 spiro atoms. The molecule has 0 fully saturated rings. The first-order valence-electron chi connectivity index (χ1n) is 4.49. The molecule has 0 aromatic heterocycles. The lowest BCUT2D eigenvalue weighted by atomic mass is 10.1. The maximum Gasteiger partial charge on any atom is 0.272 e. The van der Waals surface area contributed by atoms with Gasteiger partial charge in [0.05, 0.1) is 4.92 Å². The van der Waals surface area contributed by atoms with Gasteiger partial charge in [0.15, 0.2) is 0 Å². The van der Waals surface area contributed by atoms with Gasteiger partial charge in [-0.1, -0.05) is 12.1 Å². The highest BCUT2D eigenvalue weighted by Gasteiger charge is 2.12. The summed E-state index contributed by atoms with van der Waals surface area (Å²) in [5.41, 5.74) is 1.44. The Morgan fingerprint density at radius 1 is 1.53 bits per heavy atom.